The molecule has 0 aliphatic carbocycles. The van der Waals surface area contributed by atoms with Gasteiger partial charge in [-0.05, 0) is 44.3 Å². The van der Waals surface area contributed by atoms with E-state index in [0.29, 0.717) is 18.2 Å². The van der Waals surface area contributed by atoms with E-state index in [0.717, 1.165) is 38.9 Å². The molecule has 1 fully saturated rings. The Morgan fingerprint density at radius 2 is 2.21 bits per heavy atom. The molecule has 0 aromatic carbocycles. The maximum absolute atomic E-state index is 11.6. The lowest BCUT2D eigenvalue weighted by Gasteiger charge is -2.31. The van der Waals surface area contributed by atoms with E-state index in [1.807, 2.05) is 0 Å². The van der Waals surface area contributed by atoms with Crippen LogP contribution in [0.2, 0.25) is 0 Å². The molecule has 1 aliphatic rings. The highest BCUT2D eigenvalue weighted by Gasteiger charge is 2.18. The second-order valence-electron chi connectivity index (χ2n) is 5.34. The van der Waals surface area contributed by atoms with Crippen LogP contribution in [0.1, 0.15) is 19.3 Å². The van der Waals surface area contributed by atoms with Gasteiger partial charge in [-0.25, -0.2) is 0 Å². The third kappa shape index (κ3) is 4.08. The van der Waals surface area contributed by atoms with Crippen molar-refractivity contribution in [1.29, 1.82) is 0 Å². The van der Waals surface area contributed by atoms with Gasteiger partial charge in [-0.2, -0.15) is 0 Å². The number of hydrogen-bond donors (Lipinski definition) is 2. The Kier molecular flexibility index (Phi) is 4.99. The van der Waals surface area contributed by atoms with Crippen molar-refractivity contribution in [2.24, 2.45) is 5.92 Å². The topological polar surface area (TPSA) is 71.5 Å². The molecule has 1 saturated heterocycles. The van der Waals surface area contributed by atoms with Gasteiger partial charge < -0.3 is 20.3 Å². The number of aliphatic hydroxyl groups is 1. The third-order valence-electron chi connectivity index (χ3n) is 3.74. The smallest absolute Gasteiger partial charge is 0.250 e. The van der Waals surface area contributed by atoms with Crippen LogP contribution in [0, 0.1) is 5.92 Å². The van der Waals surface area contributed by atoms with E-state index in [1.165, 1.54) is 6.07 Å². The van der Waals surface area contributed by atoms with E-state index in [9.17, 15) is 9.90 Å². The van der Waals surface area contributed by atoms with Gasteiger partial charge in [-0.15, -0.1) is 0 Å². The number of rotatable bonds is 5. The van der Waals surface area contributed by atoms with Crippen molar-refractivity contribution in [2.45, 2.75) is 25.8 Å². The standard InChI is InChI=1S/C14H23N3O2/c15-13-4-5-14(19)17(10-13)8-2-7-16-6-1-3-12(9-16)11-18/h4-5,10,12,18H,1-3,6-9,11,15H2. The third-order valence-corrected chi connectivity index (χ3v) is 3.74. The van der Waals surface area contributed by atoms with E-state index in [1.54, 1.807) is 16.8 Å². The number of pyridine rings is 1. The van der Waals surface area contributed by atoms with Crippen LogP contribution in [0.15, 0.2) is 23.1 Å². The van der Waals surface area contributed by atoms with Gasteiger partial charge in [0.05, 0.1) is 0 Å². The number of nitrogen functional groups attached to an aromatic ring is 1. The first-order valence-electron chi connectivity index (χ1n) is 6.98. The Hall–Kier alpha value is -1.33. The molecule has 1 aliphatic heterocycles. The number of aliphatic hydroxyl groups excluding tert-OH is 1. The minimum absolute atomic E-state index is 0.000999. The summed E-state index contributed by atoms with van der Waals surface area (Å²) < 4.78 is 1.67. The average molecular weight is 265 g/mol. The molecule has 3 N–H and O–H groups in total. The predicted molar refractivity (Wildman–Crippen MR) is 76.0 cm³/mol. The zero-order valence-corrected chi connectivity index (χ0v) is 11.3. The number of piperidine rings is 1. The average Bonchev–Trinajstić information content (AvgIpc) is 2.43. The highest BCUT2D eigenvalue weighted by Crippen LogP contribution is 2.15. The second kappa shape index (κ2) is 6.73. The summed E-state index contributed by atoms with van der Waals surface area (Å²) in [7, 11) is 0. The maximum atomic E-state index is 11.6. The fourth-order valence-electron chi connectivity index (χ4n) is 2.69. The lowest BCUT2D eigenvalue weighted by molar-refractivity contribution is 0.118. The van der Waals surface area contributed by atoms with E-state index < -0.39 is 0 Å². The zero-order chi connectivity index (χ0) is 13.7. The highest BCUT2D eigenvalue weighted by atomic mass is 16.3. The van der Waals surface area contributed by atoms with Crippen molar-refractivity contribution < 1.29 is 5.11 Å². The van der Waals surface area contributed by atoms with Crippen molar-refractivity contribution in [3.05, 3.63) is 28.7 Å². The Morgan fingerprint density at radius 3 is 3.00 bits per heavy atom. The van der Waals surface area contributed by atoms with Crippen LogP contribution >= 0.6 is 0 Å². The molecule has 5 heteroatoms. The molecular weight excluding hydrogens is 242 g/mol. The predicted octanol–water partition coefficient (Wildman–Crippen LogP) is 0.525. The summed E-state index contributed by atoms with van der Waals surface area (Å²) in [6.07, 6.45) is 4.92. The van der Waals surface area contributed by atoms with Crippen molar-refractivity contribution >= 4 is 5.69 Å². The first kappa shape index (κ1) is 14.1. The Bertz CT molecular complexity index is 458. The normalized spacial score (nSPS) is 20.6. The molecule has 19 heavy (non-hydrogen) atoms. The summed E-state index contributed by atoms with van der Waals surface area (Å²) in [6, 6.07) is 3.15. The molecule has 2 rings (SSSR count). The quantitative estimate of drug-likeness (QED) is 0.814. The molecule has 1 aromatic rings. The highest BCUT2D eigenvalue weighted by molar-refractivity contribution is 5.33. The Labute approximate surface area is 113 Å². The van der Waals surface area contributed by atoms with Gasteiger partial charge >= 0.3 is 0 Å². The molecule has 0 radical (unpaired) electrons. The molecule has 106 valence electrons. The van der Waals surface area contributed by atoms with Crippen LogP contribution in [-0.2, 0) is 6.54 Å². The van der Waals surface area contributed by atoms with E-state index in [4.69, 9.17) is 5.73 Å². The number of nitrogens with zero attached hydrogens (tertiary/aromatic N) is 2. The van der Waals surface area contributed by atoms with Crippen LogP contribution in [0.3, 0.4) is 0 Å². The number of nitrogens with two attached hydrogens (primary N) is 1. The Balaban J connectivity index is 1.80. The summed E-state index contributed by atoms with van der Waals surface area (Å²) in [4.78, 5) is 14.0. The minimum Gasteiger partial charge on any atom is -0.398 e. The SMILES string of the molecule is Nc1ccc(=O)n(CCCN2CCCC(CO)C2)c1. The van der Waals surface area contributed by atoms with Crippen molar-refractivity contribution in [1.82, 2.24) is 9.47 Å². The lowest BCUT2D eigenvalue weighted by Crippen LogP contribution is -2.37. The van der Waals surface area contributed by atoms with E-state index >= 15 is 0 Å². The zero-order valence-electron chi connectivity index (χ0n) is 11.3. The van der Waals surface area contributed by atoms with Crippen LogP contribution in [0.25, 0.3) is 0 Å². The molecule has 1 atom stereocenters. The summed E-state index contributed by atoms with van der Waals surface area (Å²) in [5.74, 6) is 0.420. The number of anilines is 1. The lowest BCUT2D eigenvalue weighted by atomic mass is 9.99. The van der Waals surface area contributed by atoms with Crippen LogP contribution in [0.4, 0.5) is 5.69 Å². The summed E-state index contributed by atoms with van der Waals surface area (Å²) >= 11 is 0. The van der Waals surface area contributed by atoms with Gasteiger partial charge in [0.15, 0.2) is 0 Å². The minimum atomic E-state index is 0.000999. The molecular formula is C14H23N3O2. The largest absolute Gasteiger partial charge is 0.398 e. The molecule has 0 amide bonds. The number of aryl methyl sites for hydroxylation is 1. The summed E-state index contributed by atoms with van der Waals surface area (Å²) in [5.41, 5.74) is 6.30. The van der Waals surface area contributed by atoms with E-state index in [-0.39, 0.29) is 12.2 Å². The van der Waals surface area contributed by atoms with Crippen molar-refractivity contribution in [3.8, 4) is 0 Å². The molecule has 1 aromatic heterocycles. The van der Waals surface area contributed by atoms with Gasteiger partial charge in [0, 0.05) is 37.6 Å². The van der Waals surface area contributed by atoms with Gasteiger partial charge in [0.25, 0.3) is 5.56 Å². The first-order chi connectivity index (χ1) is 9.19. The van der Waals surface area contributed by atoms with Crippen molar-refractivity contribution in [2.75, 3.05) is 32.0 Å². The molecule has 0 spiro atoms. The number of likely N-dealkylation sites (tertiary alicyclic amines) is 1. The number of aromatic nitrogens is 1. The van der Waals surface area contributed by atoms with E-state index in [2.05, 4.69) is 4.90 Å². The second-order valence-corrected chi connectivity index (χ2v) is 5.34. The van der Waals surface area contributed by atoms with Gasteiger partial charge in [0.1, 0.15) is 0 Å². The molecule has 0 bridgehead atoms. The molecule has 2 heterocycles. The van der Waals surface area contributed by atoms with Crippen LogP contribution in [0.5, 0.6) is 0 Å². The number of hydrogen-bond acceptors (Lipinski definition) is 4. The van der Waals surface area contributed by atoms with Crippen LogP contribution in [-0.4, -0.2) is 40.8 Å². The van der Waals surface area contributed by atoms with Crippen molar-refractivity contribution in [3.63, 3.8) is 0 Å². The van der Waals surface area contributed by atoms with Gasteiger partial charge in [-0.1, -0.05) is 0 Å². The molecule has 0 saturated carbocycles. The van der Waals surface area contributed by atoms with Gasteiger partial charge in [-0.3, -0.25) is 4.79 Å². The maximum Gasteiger partial charge on any atom is 0.250 e. The summed E-state index contributed by atoms with van der Waals surface area (Å²) in [6.45, 7) is 4.03. The summed E-state index contributed by atoms with van der Waals surface area (Å²) in [5, 5.41) is 9.19. The fourth-order valence-corrected chi connectivity index (χ4v) is 2.69. The first-order valence-corrected chi connectivity index (χ1v) is 6.98. The fraction of sp³-hybridized carbons (Fsp3) is 0.643. The Morgan fingerprint density at radius 1 is 1.37 bits per heavy atom. The van der Waals surface area contributed by atoms with Crippen LogP contribution < -0.4 is 11.3 Å². The monoisotopic (exact) mass is 265 g/mol. The molecule has 1 unspecified atom stereocenters. The van der Waals surface area contributed by atoms with Gasteiger partial charge in [0.2, 0.25) is 0 Å². The molecule has 5 nitrogen and oxygen atoms in total.